The van der Waals surface area contributed by atoms with Crippen LogP contribution in [-0.4, -0.2) is 26.5 Å². The minimum Gasteiger partial charge on any atom is -0.492 e. The second-order valence-corrected chi connectivity index (χ2v) is 8.27. The normalized spacial score (nSPS) is 11.5. The minimum atomic E-state index is -3.79. The molecule has 0 aliphatic rings. The van der Waals surface area contributed by atoms with Crippen LogP contribution < -0.4 is 4.74 Å². The van der Waals surface area contributed by atoms with Gasteiger partial charge in [-0.1, -0.05) is 22.9 Å². The van der Waals surface area contributed by atoms with E-state index in [9.17, 15) is 8.42 Å². The van der Waals surface area contributed by atoms with E-state index in [0.29, 0.717) is 16.8 Å². The number of benzene rings is 1. The van der Waals surface area contributed by atoms with E-state index in [1.54, 1.807) is 12.1 Å². The highest BCUT2D eigenvalue weighted by molar-refractivity contribution is 9.10. The summed E-state index contributed by atoms with van der Waals surface area (Å²) in [6, 6.07) is 4.77. The maximum atomic E-state index is 11.4. The monoisotopic (exact) mass is 372 g/mol. The Hall–Kier alpha value is 0.0900. The third-order valence-corrected chi connectivity index (χ3v) is 4.89. The Morgan fingerprint density at radius 2 is 2.17 bits per heavy atom. The highest BCUT2D eigenvalue weighted by atomic mass is 79.9. The molecule has 0 heterocycles. The molecule has 0 spiro atoms. The van der Waals surface area contributed by atoms with E-state index in [1.807, 2.05) is 11.8 Å². The van der Waals surface area contributed by atoms with E-state index < -0.39 is 9.05 Å². The first-order valence-electron chi connectivity index (χ1n) is 5.40. The summed E-state index contributed by atoms with van der Waals surface area (Å²) in [6.07, 6.45) is 0.871. The predicted molar refractivity (Wildman–Crippen MR) is 80.3 cm³/mol. The van der Waals surface area contributed by atoms with Crippen molar-refractivity contribution in [2.24, 2.45) is 0 Å². The molecule has 0 saturated heterocycles. The van der Waals surface area contributed by atoms with Crippen molar-refractivity contribution in [1.82, 2.24) is 0 Å². The lowest BCUT2D eigenvalue weighted by molar-refractivity contribution is 0.310. The molecule has 0 aromatic heterocycles. The third-order valence-electron chi connectivity index (χ3n) is 2.06. The third kappa shape index (κ3) is 5.38. The zero-order valence-corrected chi connectivity index (χ0v) is 13.8. The van der Waals surface area contributed by atoms with Crippen LogP contribution >= 0.6 is 38.4 Å². The summed E-state index contributed by atoms with van der Waals surface area (Å²) in [4.78, 5) is 0.00156. The minimum absolute atomic E-state index is 0.00156. The molecule has 18 heavy (non-hydrogen) atoms. The molecule has 102 valence electrons. The van der Waals surface area contributed by atoms with Gasteiger partial charge in [0, 0.05) is 15.2 Å². The van der Waals surface area contributed by atoms with Crippen LogP contribution in [0.3, 0.4) is 0 Å². The van der Waals surface area contributed by atoms with Gasteiger partial charge in [0.25, 0.3) is 9.05 Å². The van der Waals surface area contributed by atoms with Crippen molar-refractivity contribution >= 4 is 47.4 Å². The molecule has 0 N–H and O–H groups in total. The lowest BCUT2D eigenvalue weighted by Crippen LogP contribution is -2.03. The van der Waals surface area contributed by atoms with Gasteiger partial charge in [0.1, 0.15) is 10.6 Å². The molecule has 1 rings (SSSR count). The van der Waals surface area contributed by atoms with Crippen molar-refractivity contribution in [3.8, 4) is 5.75 Å². The Bertz CT molecular complexity index is 491. The molecule has 1 aromatic carbocycles. The number of ether oxygens (including phenoxy) is 1. The highest BCUT2D eigenvalue weighted by Gasteiger charge is 2.17. The first-order valence-corrected chi connectivity index (χ1v) is 9.65. The fourth-order valence-electron chi connectivity index (χ4n) is 1.28. The Labute approximate surface area is 125 Å². The fourth-order valence-corrected chi connectivity index (χ4v) is 3.40. The molecule has 0 amide bonds. The smallest absolute Gasteiger partial charge is 0.265 e. The van der Waals surface area contributed by atoms with Gasteiger partial charge < -0.3 is 4.74 Å². The summed E-state index contributed by atoms with van der Waals surface area (Å²) in [7, 11) is 1.57. The highest BCUT2D eigenvalue weighted by Crippen LogP contribution is 2.30. The van der Waals surface area contributed by atoms with Crippen molar-refractivity contribution in [3.05, 3.63) is 22.7 Å². The molecule has 7 heteroatoms. The summed E-state index contributed by atoms with van der Waals surface area (Å²) < 4.78 is 28.9. The first kappa shape index (κ1) is 16.1. The van der Waals surface area contributed by atoms with Gasteiger partial charge >= 0.3 is 0 Å². The molecule has 0 bridgehead atoms. The summed E-state index contributed by atoms with van der Waals surface area (Å²) >= 11 is 5.03. The molecule has 1 aromatic rings. The molecule has 0 saturated carbocycles. The van der Waals surface area contributed by atoms with Crippen LogP contribution in [0, 0.1) is 0 Å². The molecule has 0 aliphatic heterocycles. The zero-order valence-electron chi connectivity index (χ0n) is 9.86. The largest absolute Gasteiger partial charge is 0.492 e. The lowest BCUT2D eigenvalue weighted by atomic mass is 10.3. The molecular weight excluding hydrogens is 360 g/mol. The summed E-state index contributed by atoms with van der Waals surface area (Å²) in [6.45, 7) is 2.58. The van der Waals surface area contributed by atoms with Crippen LogP contribution in [0.4, 0.5) is 0 Å². The summed E-state index contributed by atoms with van der Waals surface area (Å²) in [5, 5.41) is 0. The van der Waals surface area contributed by atoms with Gasteiger partial charge in [0.2, 0.25) is 0 Å². The van der Waals surface area contributed by atoms with Gasteiger partial charge in [0.05, 0.1) is 6.61 Å². The van der Waals surface area contributed by atoms with Crippen LogP contribution in [0.5, 0.6) is 5.75 Å². The molecular formula is C11H14BrClO3S2. The Morgan fingerprint density at radius 3 is 2.78 bits per heavy atom. The van der Waals surface area contributed by atoms with Gasteiger partial charge in [-0.15, -0.1) is 0 Å². The van der Waals surface area contributed by atoms with Crippen molar-refractivity contribution in [2.45, 2.75) is 18.2 Å². The average Bonchev–Trinajstić information content (AvgIpc) is 2.29. The summed E-state index contributed by atoms with van der Waals surface area (Å²) in [5.74, 6) is 2.37. The van der Waals surface area contributed by atoms with E-state index >= 15 is 0 Å². The Balaban J connectivity index is 2.71. The van der Waals surface area contributed by atoms with Gasteiger partial charge in [-0.2, -0.15) is 11.8 Å². The molecule has 0 atom stereocenters. The van der Waals surface area contributed by atoms with Crippen LogP contribution in [0.15, 0.2) is 27.6 Å². The number of hydrogen-bond donors (Lipinski definition) is 0. The van der Waals surface area contributed by atoms with Crippen molar-refractivity contribution < 1.29 is 13.2 Å². The van der Waals surface area contributed by atoms with E-state index in [0.717, 1.165) is 17.9 Å². The quantitative estimate of drug-likeness (QED) is 0.537. The van der Waals surface area contributed by atoms with Crippen LogP contribution in [0.2, 0.25) is 0 Å². The van der Waals surface area contributed by atoms with Gasteiger partial charge in [-0.3, -0.25) is 0 Å². The Morgan fingerprint density at radius 1 is 1.44 bits per heavy atom. The summed E-state index contributed by atoms with van der Waals surface area (Å²) in [5.41, 5.74) is 0. The van der Waals surface area contributed by atoms with Crippen molar-refractivity contribution in [1.29, 1.82) is 0 Å². The van der Waals surface area contributed by atoms with Gasteiger partial charge in [-0.05, 0) is 36.1 Å². The predicted octanol–water partition coefficient (Wildman–Crippen LogP) is 3.90. The van der Waals surface area contributed by atoms with Crippen molar-refractivity contribution in [3.63, 3.8) is 0 Å². The SMILES string of the molecule is CCSCCCOc1ccc(Br)cc1S(=O)(=O)Cl. The maximum absolute atomic E-state index is 11.4. The molecule has 0 fully saturated rings. The van der Waals surface area contributed by atoms with Crippen molar-refractivity contribution in [2.75, 3.05) is 18.1 Å². The molecule has 0 radical (unpaired) electrons. The number of thioether (sulfide) groups is 1. The van der Waals surface area contributed by atoms with E-state index in [1.165, 1.54) is 6.07 Å². The van der Waals surface area contributed by atoms with E-state index in [4.69, 9.17) is 15.4 Å². The van der Waals surface area contributed by atoms with Crippen LogP contribution in [0.1, 0.15) is 13.3 Å². The van der Waals surface area contributed by atoms with Crippen LogP contribution in [-0.2, 0) is 9.05 Å². The molecule has 0 unspecified atom stereocenters. The van der Waals surface area contributed by atoms with E-state index in [2.05, 4.69) is 22.9 Å². The number of hydrogen-bond acceptors (Lipinski definition) is 4. The van der Waals surface area contributed by atoms with Gasteiger partial charge in [0.15, 0.2) is 0 Å². The molecule has 0 aliphatic carbocycles. The fraction of sp³-hybridized carbons (Fsp3) is 0.455. The first-order chi connectivity index (χ1) is 8.45. The zero-order chi connectivity index (χ0) is 13.6. The van der Waals surface area contributed by atoms with Crippen LogP contribution in [0.25, 0.3) is 0 Å². The second kappa shape index (κ2) is 7.62. The lowest BCUT2D eigenvalue weighted by Gasteiger charge is -2.09. The standard InChI is InChI=1S/C11H14BrClO3S2/c1-2-17-7-3-6-16-10-5-4-9(12)8-11(10)18(13,14)15/h4-5,8H,2-3,6-7H2,1H3. The average molecular weight is 374 g/mol. The topological polar surface area (TPSA) is 43.4 Å². The van der Waals surface area contributed by atoms with Gasteiger partial charge in [-0.25, -0.2) is 8.42 Å². The maximum Gasteiger partial charge on any atom is 0.265 e. The Kier molecular flexibility index (Phi) is 6.84. The number of rotatable bonds is 7. The molecule has 3 nitrogen and oxygen atoms in total. The second-order valence-electron chi connectivity index (χ2n) is 3.43. The number of halogens is 2. The van der Waals surface area contributed by atoms with E-state index in [-0.39, 0.29) is 4.90 Å².